The standard InChI is InChI=1S/C18H18ClN3O5/c1-26-13-6-7-15(27-2)14(9-13)22-16(23)10-20-17(24)18(25)21-12-5-3-4-11(19)8-12/h3-9H,10H2,1-2H3,(H,20,24)(H,21,25)(H,22,23). The highest BCUT2D eigenvalue weighted by atomic mass is 35.5. The van der Waals surface area contributed by atoms with Crippen molar-refractivity contribution < 1.29 is 23.9 Å². The van der Waals surface area contributed by atoms with Crippen molar-refractivity contribution in [3.05, 3.63) is 47.5 Å². The molecule has 0 unspecified atom stereocenters. The average molecular weight is 392 g/mol. The quantitative estimate of drug-likeness (QED) is 0.653. The number of hydrogen-bond acceptors (Lipinski definition) is 5. The van der Waals surface area contributed by atoms with E-state index >= 15 is 0 Å². The predicted octanol–water partition coefficient (Wildman–Crippen LogP) is 2.05. The zero-order chi connectivity index (χ0) is 19.8. The van der Waals surface area contributed by atoms with Crippen molar-refractivity contribution in [1.29, 1.82) is 0 Å². The van der Waals surface area contributed by atoms with E-state index in [2.05, 4.69) is 16.0 Å². The first kappa shape index (κ1) is 20.1. The molecule has 0 spiro atoms. The molecule has 0 saturated carbocycles. The smallest absolute Gasteiger partial charge is 0.313 e. The molecular weight excluding hydrogens is 374 g/mol. The van der Waals surface area contributed by atoms with Crippen LogP contribution in [0.1, 0.15) is 0 Å². The lowest BCUT2D eigenvalue weighted by atomic mass is 10.2. The molecule has 2 aromatic rings. The van der Waals surface area contributed by atoms with Crippen LogP contribution in [0.25, 0.3) is 0 Å². The summed E-state index contributed by atoms with van der Waals surface area (Å²) in [6, 6.07) is 11.2. The van der Waals surface area contributed by atoms with E-state index in [-0.39, 0.29) is 0 Å². The van der Waals surface area contributed by atoms with Crippen molar-refractivity contribution in [3.8, 4) is 11.5 Å². The Kier molecular flexibility index (Phi) is 7.01. The Balaban J connectivity index is 1.89. The van der Waals surface area contributed by atoms with Crippen LogP contribution >= 0.6 is 11.6 Å². The second-order valence-corrected chi connectivity index (χ2v) is 5.70. The Hall–Kier alpha value is -3.26. The summed E-state index contributed by atoms with van der Waals surface area (Å²) in [4.78, 5) is 35.7. The Morgan fingerprint density at radius 2 is 1.74 bits per heavy atom. The third-order valence-electron chi connectivity index (χ3n) is 3.38. The summed E-state index contributed by atoms with van der Waals surface area (Å²) < 4.78 is 10.2. The number of anilines is 2. The number of carbonyl (C=O) groups excluding carboxylic acids is 3. The van der Waals surface area contributed by atoms with Crippen LogP contribution in [-0.4, -0.2) is 38.5 Å². The first-order valence-corrected chi connectivity index (χ1v) is 8.17. The number of carbonyl (C=O) groups is 3. The van der Waals surface area contributed by atoms with Gasteiger partial charge in [0.2, 0.25) is 5.91 Å². The molecular formula is C18H18ClN3O5. The Bertz CT molecular complexity index is 857. The first-order chi connectivity index (χ1) is 12.9. The van der Waals surface area contributed by atoms with Gasteiger partial charge in [-0.25, -0.2) is 0 Å². The van der Waals surface area contributed by atoms with E-state index in [1.807, 2.05) is 0 Å². The van der Waals surface area contributed by atoms with Crippen molar-refractivity contribution in [1.82, 2.24) is 5.32 Å². The van der Waals surface area contributed by atoms with Gasteiger partial charge in [0, 0.05) is 16.8 Å². The summed E-state index contributed by atoms with van der Waals surface area (Å²) in [5, 5.41) is 7.62. The van der Waals surface area contributed by atoms with Gasteiger partial charge in [0.1, 0.15) is 11.5 Å². The largest absolute Gasteiger partial charge is 0.497 e. The zero-order valence-electron chi connectivity index (χ0n) is 14.7. The van der Waals surface area contributed by atoms with Gasteiger partial charge in [0.25, 0.3) is 0 Å². The third kappa shape index (κ3) is 5.89. The minimum absolute atomic E-state index is 0.369. The SMILES string of the molecule is COc1ccc(OC)c(NC(=O)CNC(=O)C(=O)Nc2cccc(Cl)c2)c1. The molecule has 9 heteroatoms. The first-order valence-electron chi connectivity index (χ1n) is 7.79. The molecule has 8 nitrogen and oxygen atoms in total. The second-order valence-electron chi connectivity index (χ2n) is 5.26. The number of ether oxygens (including phenoxy) is 2. The molecule has 0 heterocycles. The van der Waals surface area contributed by atoms with Gasteiger partial charge < -0.3 is 25.4 Å². The summed E-state index contributed by atoms with van der Waals surface area (Å²) in [5.74, 6) is -1.46. The molecule has 3 N–H and O–H groups in total. The lowest BCUT2D eigenvalue weighted by molar-refractivity contribution is -0.136. The van der Waals surface area contributed by atoms with E-state index in [0.29, 0.717) is 27.9 Å². The van der Waals surface area contributed by atoms with Crippen molar-refractivity contribution >= 4 is 40.7 Å². The number of nitrogens with one attached hydrogen (secondary N) is 3. The van der Waals surface area contributed by atoms with Crippen molar-refractivity contribution in [2.24, 2.45) is 0 Å². The lowest BCUT2D eigenvalue weighted by Crippen LogP contribution is -2.39. The zero-order valence-corrected chi connectivity index (χ0v) is 15.4. The van der Waals surface area contributed by atoms with Crippen LogP contribution in [-0.2, 0) is 14.4 Å². The summed E-state index contributed by atoms with van der Waals surface area (Å²) in [7, 11) is 2.95. The number of amides is 3. The monoisotopic (exact) mass is 391 g/mol. The van der Waals surface area contributed by atoms with Crippen LogP contribution in [0.5, 0.6) is 11.5 Å². The number of halogens is 1. The molecule has 2 rings (SSSR count). The molecule has 0 atom stereocenters. The maximum Gasteiger partial charge on any atom is 0.313 e. The van der Waals surface area contributed by atoms with Crippen molar-refractivity contribution in [2.75, 3.05) is 31.4 Å². The normalized spacial score (nSPS) is 9.89. The number of rotatable bonds is 6. The molecule has 0 fully saturated rings. The van der Waals surface area contributed by atoms with Gasteiger partial charge in [-0.1, -0.05) is 17.7 Å². The Morgan fingerprint density at radius 3 is 2.41 bits per heavy atom. The highest BCUT2D eigenvalue weighted by Crippen LogP contribution is 2.28. The van der Waals surface area contributed by atoms with Crippen LogP contribution in [0, 0.1) is 0 Å². The second kappa shape index (κ2) is 9.44. The van der Waals surface area contributed by atoms with Crippen LogP contribution in [0.4, 0.5) is 11.4 Å². The molecule has 0 aliphatic rings. The Labute approximate surface area is 160 Å². The van der Waals surface area contributed by atoms with Gasteiger partial charge in [0.15, 0.2) is 0 Å². The minimum atomic E-state index is -0.956. The van der Waals surface area contributed by atoms with Gasteiger partial charge in [-0.15, -0.1) is 0 Å². The highest BCUT2D eigenvalue weighted by Gasteiger charge is 2.16. The fraction of sp³-hybridized carbons (Fsp3) is 0.167. The van der Waals surface area contributed by atoms with E-state index in [9.17, 15) is 14.4 Å². The molecule has 0 aliphatic carbocycles. The van der Waals surface area contributed by atoms with Gasteiger partial charge in [-0.3, -0.25) is 14.4 Å². The van der Waals surface area contributed by atoms with Crippen LogP contribution in [0.2, 0.25) is 5.02 Å². The Morgan fingerprint density at radius 1 is 0.963 bits per heavy atom. The van der Waals surface area contributed by atoms with Crippen LogP contribution in [0.15, 0.2) is 42.5 Å². The summed E-state index contributed by atoms with van der Waals surface area (Å²) in [6.45, 7) is -0.401. The summed E-state index contributed by atoms with van der Waals surface area (Å²) in [5.41, 5.74) is 0.743. The van der Waals surface area contributed by atoms with Gasteiger partial charge in [-0.2, -0.15) is 0 Å². The maximum atomic E-state index is 12.0. The maximum absolute atomic E-state index is 12.0. The van der Waals surface area contributed by atoms with Crippen LogP contribution < -0.4 is 25.4 Å². The molecule has 3 amide bonds. The number of hydrogen-bond donors (Lipinski definition) is 3. The summed E-state index contributed by atoms with van der Waals surface area (Å²) >= 11 is 5.81. The third-order valence-corrected chi connectivity index (χ3v) is 3.61. The van der Waals surface area contributed by atoms with Gasteiger partial charge in [-0.05, 0) is 30.3 Å². The molecule has 0 radical (unpaired) electrons. The predicted molar refractivity (Wildman–Crippen MR) is 101 cm³/mol. The van der Waals surface area contributed by atoms with Crippen molar-refractivity contribution in [3.63, 3.8) is 0 Å². The van der Waals surface area contributed by atoms with E-state index in [4.69, 9.17) is 21.1 Å². The molecule has 0 saturated heterocycles. The topological polar surface area (TPSA) is 106 Å². The number of methoxy groups -OCH3 is 2. The average Bonchev–Trinajstić information content (AvgIpc) is 2.66. The van der Waals surface area contributed by atoms with E-state index in [1.54, 1.807) is 36.4 Å². The molecule has 0 bridgehead atoms. The minimum Gasteiger partial charge on any atom is -0.497 e. The van der Waals surface area contributed by atoms with Gasteiger partial charge >= 0.3 is 11.8 Å². The van der Waals surface area contributed by atoms with Crippen LogP contribution in [0.3, 0.4) is 0 Å². The fourth-order valence-electron chi connectivity index (χ4n) is 2.10. The molecule has 27 heavy (non-hydrogen) atoms. The van der Waals surface area contributed by atoms with E-state index in [1.165, 1.54) is 20.3 Å². The van der Waals surface area contributed by atoms with Crippen molar-refractivity contribution in [2.45, 2.75) is 0 Å². The van der Waals surface area contributed by atoms with E-state index < -0.39 is 24.3 Å². The number of benzene rings is 2. The molecule has 0 aliphatic heterocycles. The lowest BCUT2D eigenvalue weighted by Gasteiger charge is -2.12. The van der Waals surface area contributed by atoms with Gasteiger partial charge in [0.05, 0.1) is 26.5 Å². The fourth-order valence-corrected chi connectivity index (χ4v) is 2.29. The summed E-state index contributed by atoms with van der Waals surface area (Å²) in [6.07, 6.45) is 0. The highest BCUT2D eigenvalue weighted by molar-refractivity contribution is 6.40. The molecule has 2 aromatic carbocycles. The molecule has 142 valence electrons. The van der Waals surface area contributed by atoms with E-state index in [0.717, 1.165) is 0 Å². The molecule has 0 aromatic heterocycles.